The van der Waals surface area contributed by atoms with Crippen molar-refractivity contribution >= 4 is 5.97 Å². The third kappa shape index (κ3) is 4.79. The highest BCUT2D eigenvalue weighted by Gasteiger charge is 2.25. The largest absolute Gasteiger partial charge is 0.459 e. The molecule has 0 bridgehead atoms. The first-order valence-electron chi connectivity index (χ1n) is 8.26. The SMILES string of the molecule is CCCCCC1CCC(OC(=O)c2ccc(F)cc2F)CC1. The van der Waals surface area contributed by atoms with Crippen LogP contribution in [0, 0.1) is 17.6 Å². The van der Waals surface area contributed by atoms with Crippen molar-refractivity contribution < 1.29 is 18.3 Å². The smallest absolute Gasteiger partial charge is 0.341 e. The van der Waals surface area contributed by atoms with Gasteiger partial charge in [-0.25, -0.2) is 13.6 Å². The molecule has 2 nitrogen and oxygen atoms in total. The lowest BCUT2D eigenvalue weighted by Gasteiger charge is -2.28. The minimum absolute atomic E-state index is 0.139. The molecule has 1 aromatic carbocycles. The normalized spacial score (nSPS) is 21.6. The zero-order chi connectivity index (χ0) is 15.9. The highest BCUT2D eigenvalue weighted by molar-refractivity contribution is 5.89. The van der Waals surface area contributed by atoms with Crippen LogP contribution in [0.25, 0.3) is 0 Å². The number of benzene rings is 1. The minimum atomic E-state index is -0.863. The Morgan fingerprint density at radius 1 is 1.18 bits per heavy atom. The second kappa shape index (κ2) is 8.25. The number of ether oxygens (including phenoxy) is 1. The van der Waals surface area contributed by atoms with Crippen LogP contribution in [-0.2, 0) is 4.74 Å². The Balaban J connectivity index is 1.79. The maximum atomic E-state index is 13.5. The number of hydrogen-bond acceptors (Lipinski definition) is 2. The van der Waals surface area contributed by atoms with E-state index in [1.807, 2.05) is 0 Å². The summed E-state index contributed by atoms with van der Waals surface area (Å²) in [5, 5.41) is 0. The second-order valence-electron chi connectivity index (χ2n) is 6.17. The van der Waals surface area contributed by atoms with Crippen molar-refractivity contribution in [2.24, 2.45) is 5.92 Å². The molecule has 0 aromatic heterocycles. The summed E-state index contributed by atoms with van der Waals surface area (Å²) in [7, 11) is 0. The number of rotatable bonds is 6. The van der Waals surface area contributed by atoms with Gasteiger partial charge in [-0.2, -0.15) is 0 Å². The molecule has 1 aliphatic carbocycles. The summed E-state index contributed by atoms with van der Waals surface area (Å²) in [6.07, 6.45) is 8.69. The fraction of sp³-hybridized carbons (Fsp3) is 0.611. The molecule has 0 radical (unpaired) electrons. The van der Waals surface area contributed by atoms with E-state index in [1.54, 1.807) is 0 Å². The van der Waals surface area contributed by atoms with Crippen molar-refractivity contribution in [3.05, 3.63) is 35.4 Å². The summed E-state index contributed by atoms with van der Waals surface area (Å²) in [6.45, 7) is 2.20. The standard InChI is InChI=1S/C18H24F2O2/c1-2-3-4-5-13-6-9-15(10-7-13)22-18(21)16-11-8-14(19)12-17(16)20/h8,11-13,15H,2-7,9-10H2,1H3. The molecule has 4 heteroatoms. The van der Waals surface area contributed by atoms with Gasteiger partial charge in [-0.1, -0.05) is 32.6 Å². The van der Waals surface area contributed by atoms with Crippen LogP contribution >= 0.6 is 0 Å². The average Bonchev–Trinajstić information content (AvgIpc) is 2.49. The van der Waals surface area contributed by atoms with Crippen molar-refractivity contribution in [1.29, 1.82) is 0 Å². The predicted molar refractivity (Wildman–Crippen MR) is 81.7 cm³/mol. The zero-order valence-electron chi connectivity index (χ0n) is 13.1. The van der Waals surface area contributed by atoms with E-state index >= 15 is 0 Å². The highest BCUT2D eigenvalue weighted by atomic mass is 19.1. The number of carbonyl (C=O) groups is 1. The molecule has 0 saturated heterocycles. The van der Waals surface area contributed by atoms with Crippen molar-refractivity contribution in [2.45, 2.75) is 64.4 Å². The number of unbranched alkanes of at least 4 members (excludes halogenated alkanes) is 2. The summed E-state index contributed by atoms with van der Waals surface area (Å²) in [5.41, 5.74) is -0.188. The summed E-state index contributed by atoms with van der Waals surface area (Å²) >= 11 is 0. The lowest BCUT2D eigenvalue weighted by atomic mass is 9.84. The van der Waals surface area contributed by atoms with Gasteiger partial charge < -0.3 is 4.74 Å². The Hall–Kier alpha value is -1.45. The molecule has 22 heavy (non-hydrogen) atoms. The zero-order valence-corrected chi connectivity index (χ0v) is 13.1. The van der Waals surface area contributed by atoms with Crippen molar-refractivity contribution in [3.63, 3.8) is 0 Å². The van der Waals surface area contributed by atoms with Gasteiger partial charge in [0.25, 0.3) is 0 Å². The van der Waals surface area contributed by atoms with Gasteiger partial charge in [0.15, 0.2) is 0 Å². The van der Waals surface area contributed by atoms with E-state index in [2.05, 4.69) is 6.92 Å². The van der Waals surface area contributed by atoms with Crippen LogP contribution in [-0.4, -0.2) is 12.1 Å². The van der Waals surface area contributed by atoms with Crippen LogP contribution in [0.2, 0.25) is 0 Å². The molecule has 0 aliphatic heterocycles. The number of carbonyl (C=O) groups excluding carboxylic acids is 1. The van der Waals surface area contributed by atoms with Gasteiger partial charge in [-0.3, -0.25) is 0 Å². The molecule has 0 amide bonds. The molecule has 1 aromatic rings. The third-order valence-electron chi connectivity index (χ3n) is 4.43. The van der Waals surface area contributed by atoms with Crippen LogP contribution in [0.4, 0.5) is 8.78 Å². The van der Waals surface area contributed by atoms with Crippen LogP contribution in [0.5, 0.6) is 0 Å². The van der Waals surface area contributed by atoms with E-state index in [0.717, 1.165) is 43.7 Å². The average molecular weight is 310 g/mol. The number of esters is 1. The first-order chi connectivity index (χ1) is 10.6. The molecular weight excluding hydrogens is 286 g/mol. The van der Waals surface area contributed by atoms with Gasteiger partial charge in [-0.15, -0.1) is 0 Å². The maximum Gasteiger partial charge on any atom is 0.341 e. The van der Waals surface area contributed by atoms with Crippen LogP contribution < -0.4 is 0 Å². The Labute approximate surface area is 130 Å². The van der Waals surface area contributed by atoms with Crippen LogP contribution in [0.1, 0.15) is 68.6 Å². The quantitative estimate of drug-likeness (QED) is 0.529. The van der Waals surface area contributed by atoms with Crippen LogP contribution in [0.3, 0.4) is 0 Å². The van der Waals surface area contributed by atoms with Crippen molar-refractivity contribution in [2.75, 3.05) is 0 Å². The highest BCUT2D eigenvalue weighted by Crippen LogP contribution is 2.30. The first-order valence-corrected chi connectivity index (χ1v) is 8.26. The first kappa shape index (κ1) is 16.9. The van der Waals surface area contributed by atoms with E-state index < -0.39 is 17.6 Å². The summed E-state index contributed by atoms with van der Waals surface area (Å²) < 4.78 is 31.8. The van der Waals surface area contributed by atoms with Gasteiger partial charge in [0, 0.05) is 6.07 Å². The van der Waals surface area contributed by atoms with Gasteiger partial charge >= 0.3 is 5.97 Å². The minimum Gasteiger partial charge on any atom is -0.459 e. The molecule has 1 saturated carbocycles. The molecule has 0 heterocycles. The molecule has 1 fully saturated rings. The van der Waals surface area contributed by atoms with Gasteiger partial charge in [0.2, 0.25) is 0 Å². The van der Waals surface area contributed by atoms with Crippen molar-refractivity contribution in [1.82, 2.24) is 0 Å². The van der Waals surface area contributed by atoms with E-state index in [9.17, 15) is 13.6 Å². The summed E-state index contributed by atoms with van der Waals surface area (Å²) in [4.78, 5) is 12.0. The molecule has 0 atom stereocenters. The fourth-order valence-corrected chi connectivity index (χ4v) is 3.09. The van der Waals surface area contributed by atoms with Crippen molar-refractivity contribution in [3.8, 4) is 0 Å². The molecule has 2 rings (SSSR count). The van der Waals surface area contributed by atoms with E-state index in [-0.39, 0.29) is 11.7 Å². The third-order valence-corrected chi connectivity index (χ3v) is 4.43. The predicted octanol–water partition coefficient (Wildman–Crippen LogP) is 5.26. The Morgan fingerprint density at radius 3 is 2.55 bits per heavy atom. The Bertz CT molecular complexity index is 494. The lowest BCUT2D eigenvalue weighted by Crippen LogP contribution is -2.25. The van der Waals surface area contributed by atoms with E-state index in [1.165, 1.54) is 25.7 Å². The van der Waals surface area contributed by atoms with Crippen LogP contribution in [0.15, 0.2) is 18.2 Å². The molecular formula is C18H24F2O2. The second-order valence-corrected chi connectivity index (χ2v) is 6.17. The van der Waals surface area contributed by atoms with E-state index in [0.29, 0.717) is 6.07 Å². The van der Waals surface area contributed by atoms with Gasteiger partial charge in [0.1, 0.15) is 17.7 Å². The Kier molecular flexibility index (Phi) is 6.34. The number of halogens is 2. The Morgan fingerprint density at radius 2 is 1.91 bits per heavy atom. The molecule has 0 unspecified atom stereocenters. The van der Waals surface area contributed by atoms with E-state index in [4.69, 9.17) is 4.74 Å². The summed E-state index contributed by atoms with van der Waals surface area (Å²) in [5.74, 6) is -1.52. The fourth-order valence-electron chi connectivity index (χ4n) is 3.09. The van der Waals surface area contributed by atoms with Gasteiger partial charge in [0.05, 0.1) is 5.56 Å². The number of hydrogen-bond donors (Lipinski definition) is 0. The monoisotopic (exact) mass is 310 g/mol. The molecule has 0 N–H and O–H groups in total. The maximum absolute atomic E-state index is 13.5. The molecule has 122 valence electrons. The summed E-state index contributed by atoms with van der Waals surface area (Å²) in [6, 6.07) is 2.93. The molecule has 1 aliphatic rings. The molecule has 0 spiro atoms. The lowest BCUT2D eigenvalue weighted by molar-refractivity contribution is 0.0156. The topological polar surface area (TPSA) is 26.3 Å². The van der Waals surface area contributed by atoms with Gasteiger partial charge in [-0.05, 0) is 43.7 Å².